The van der Waals surface area contributed by atoms with Crippen molar-refractivity contribution in [2.24, 2.45) is 0 Å². The zero-order valence-electron chi connectivity index (χ0n) is 19.2. The van der Waals surface area contributed by atoms with Gasteiger partial charge in [-0.2, -0.15) is 0 Å². The second-order valence-corrected chi connectivity index (χ2v) is 8.71. The van der Waals surface area contributed by atoms with Crippen molar-refractivity contribution < 1.29 is 29.0 Å². The van der Waals surface area contributed by atoms with Gasteiger partial charge >= 0.3 is 12.1 Å². The maximum atomic E-state index is 12.5. The molecule has 1 aliphatic carbocycles. The number of nitrogens with one attached hydrogen (secondary N) is 2. The maximum absolute atomic E-state index is 12.5. The molecule has 3 atom stereocenters. The summed E-state index contributed by atoms with van der Waals surface area (Å²) in [6.45, 7) is 2.47. The van der Waals surface area contributed by atoms with Crippen LogP contribution in [0.25, 0.3) is 11.1 Å². The summed E-state index contributed by atoms with van der Waals surface area (Å²) in [4.78, 5) is 36.0. The molecule has 1 fully saturated rings. The Hall–Kier alpha value is -3.39. The van der Waals surface area contributed by atoms with Crippen LogP contribution >= 0.6 is 0 Å². The molecule has 34 heavy (non-hydrogen) atoms. The van der Waals surface area contributed by atoms with Crippen molar-refractivity contribution in [1.82, 2.24) is 10.6 Å². The molecule has 2 aromatic carbocycles. The molecule has 0 radical (unpaired) electrons. The number of ether oxygens (including phenoxy) is 2. The van der Waals surface area contributed by atoms with E-state index in [-0.39, 0.29) is 30.9 Å². The number of hydrogen-bond acceptors (Lipinski definition) is 5. The van der Waals surface area contributed by atoms with Gasteiger partial charge in [0.05, 0.1) is 6.04 Å². The highest BCUT2D eigenvalue weighted by Crippen LogP contribution is 2.44. The Morgan fingerprint density at radius 2 is 1.74 bits per heavy atom. The van der Waals surface area contributed by atoms with Gasteiger partial charge in [0.25, 0.3) is 0 Å². The molecule has 4 rings (SSSR count). The van der Waals surface area contributed by atoms with Crippen molar-refractivity contribution in [3.8, 4) is 11.1 Å². The molecule has 0 aromatic heterocycles. The van der Waals surface area contributed by atoms with Crippen LogP contribution < -0.4 is 10.6 Å². The molecule has 0 bridgehead atoms. The van der Waals surface area contributed by atoms with E-state index in [0.717, 1.165) is 11.1 Å². The van der Waals surface area contributed by atoms with Crippen molar-refractivity contribution in [2.75, 3.05) is 13.2 Å². The molecule has 0 saturated carbocycles. The average molecular weight is 467 g/mol. The lowest BCUT2D eigenvalue weighted by atomic mass is 9.98. The lowest BCUT2D eigenvalue weighted by Gasteiger charge is -2.20. The number of aliphatic carboxylic acids is 1. The normalized spacial score (nSPS) is 19.7. The number of carboxylic acid groups (broad SMARTS) is 1. The number of carbonyl (C=O) groups is 3. The fraction of sp³-hybridized carbons (Fsp3) is 0.423. The highest BCUT2D eigenvalue weighted by atomic mass is 16.5. The Bertz CT molecular complexity index is 1010. The number of amides is 2. The lowest BCUT2D eigenvalue weighted by Crippen LogP contribution is -2.44. The predicted octanol–water partition coefficient (Wildman–Crippen LogP) is 3.44. The van der Waals surface area contributed by atoms with E-state index in [1.165, 1.54) is 11.1 Å². The lowest BCUT2D eigenvalue weighted by molar-refractivity contribution is -0.148. The molecule has 1 unspecified atom stereocenters. The van der Waals surface area contributed by atoms with E-state index in [4.69, 9.17) is 14.6 Å². The van der Waals surface area contributed by atoms with Gasteiger partial charge in [-0.05, 0) is 41.5 Å². The van der Waals surface area contributed by atoms with Gasteiger partial charge in [-0.25, -0.2) is 9.59 Å². The van der Waals surface area contributed by atoms with Crippen molar-refractivity contribution in [3.05, 3.63) is 59.7 Å². The number of benzene rings is 2. The van der Waals surface area contributed by atoms with Crippen molar-refractivity contribution in [3.63, 3.8) is 0 Å². The van der Waals surface area contributed by atoms with Crippen LogP contribution in [0.4, 0.5) is 4.79 Å². The van der Waals surface area contributed by atoms with Crippen LogP contribution in [0, 0.1) is 0 Å². The molecule has 1 heterocycles. The van der Waals surface area contributed by atoms with Crippen molar-refractivity contribution in [1.29, 1.82) is 0 Å². The van der Waals surface area contributed by atoms with E-state index in [9.17, 15) is 14.4 Å². The third-order valence-electron chi connectivity index (χ3n) is 6.56. The quantitative estimate of drug-likeness (QED) is 0.522. The summed E-state index contributed by atoms with van der Waals surface area (Å²) in [5.74, 6) is -1.35. The Morgan fingerprint density at radius 1 is 1.09 bits per heavy atom. The second-order valence-electron chi connectivity index (χ2n) is 8.71. The van der Waals surface area contributed by atoms with E-state index >= 15 is 0 Å². The SMILES string of the molecule is CCC(CCC(=O)N[C@H]1CCO[C@H]1C(=O)O)NC(=O)OCC1c2ccccc2-c2ccccc21. The van der Waals surface area contributed by atoms with Gasteiger partial charge in [0.15, 0.2) is 6.10 Å². The summed E-state index contributed by atoms with van der Waals surface area (Å²) in [5, 5.41) is 14.7. The predicted molar refractivity (Wildman–Crippen MR) is 125 cm³/mol. The molecule has 180 valence electrons. The third-order valence-corrected chi connectivity index (χ3v) is 6.56. The molecule has 1 saturated heterocycles. The Morgan fingerprint density at radius 3 is 2.35 bits per heavy atom. The molecule has 2 aromatic rings. The molecule has 8 heteroatoms. The van der Waals surface area contributed by atoms with Crippen molar-refractivity contribution in [2.45, 2.75) is 56.7 Å². The summed E-state index contributed by atoms with van der Waals surface area (Å²) in [5.41, 5.74) is 4.64. The van der Waals surface area contributed by atoms with Crippen LogP contribution in [0.3, 0.4) is 0 Å². The smallest absolute Gasteiger partial charge is 0.407 e. The molecular weight excluding hydrogens is 436 g/mol. The van der Waals surface area contributed by atoms with E-state index in [1.807, 2.05) is 31.2 Å². The fourth-order valence-electron chi connectivity index (χ4n) is 4.75. The van der Waals surface area contributed by atoms with Crippen LogP contribution in [0.5, 0.6) is 0 Å². The molecule has 2 amide bonds. The molecule has 2 aliphatic rings. The monoisotopic (exact) mass is 466 g/mol. The number of carbonyl (C=O) groups excluding carboxylic acids is 2. The third kappa shape index (κ3) is 5.22. The highest BCUT2D eigenvalue weighted by molar-refractivity contribution is 5.80. The minimum atomic E-state index is -1.08. The Balaban J connectivity index is 1.26. The number of rotatable bonds is 9. The number of fused-ring (bicyclic) bond motifs is 3. The first-order chi connectivity index (χ1) is 16.5. The number of alkyl carbamates (subject to hydrolysis) is 1. The summed E-state index contributed by atoms with van der Waals surface area (Å²) < 4.78 is 10.7. The zero-order chi connectivity index (χ0) is 24.1. The average Bonchev–Trinajstić information content (AvgIpc) is 3.43. The molecule has 3 N–H and O–H groups in total. The maximum Gasteiger partial charge on any atom is 0.407 e. The van der Waals surface area contributed by atoms with Gasteiger partial charge in [-0.3, -0.25) is 4.79 Å². The molecule has 1 aliphatic heterocycles. The van der Waals surface area contributed by atoms with Crippen LogP contribution in [0.1, 0.15) is 49.7 Å². The minimum Gasteiger partial charge on any atom is -0.479 e. The van der Waals surface area contributed by atoms with E-state index in [1.54, 1.807) is 0 Å². The van der Waals surface area contributed by atoms with E-state index in [0.29, 0.717) is 25.9 Å². The number of hydrogen-bond donors (Lipinski definition) is 3. The van der Waals surface area contributed by atoms with Crippen LogP contribution in [-0.4, -0.2) is 54.5 Å². The Labute approximate surface area is 198 Å². The first-order valence-corrected chi connectivity index (χ1v) is 11.7. The molecule has 8 nitrogen and oxygen atoms in total. The summed E-state index contributed by atoms with van der Waals surface area (Å²) in [6, 6.07) is 15.6. The van der Waals surface area contributed by atoms with Crippen LogP contribution in [0.2, 0.25) is 0 Å². The van der Waals surface area contributed by atoms with E-state index < -0.39 is 24.2 Å². The summed E-state index contributed by atoms with van der Waals surface area (Å²) >= 11 is 0. The van der Waals surface area contributed by atoms with Crippen LogP contribution in [-0.2, 0) is 19.1 Å². The van der Waals surface area contributed by atoms with Gasteiger partial charge in [0.1, 0.15) is 6.61 Å². The fourth-order valence-corrected chi connectivity index (χ4v) is 4.75. The van der Waals surface area contributed by atoms with Crippen LogP contribution in [0.15, 0.2) is 48.5 Å². The highest BCUT2D eigenvalue weighted by Gasteiger charge is 2.35. The zero-order valence-corrected chi connectivity index (χ0v) is 19.2. The standard InChI is InChI=1S/C26H30N2O6/c1-2-16(11-12-23(29)28-22-13-14-33-24(22)25(30)31)27-26(32)34-15-21-19-9-5-3-7-17(19)18-8-4-6-10-20(18)21/h3-10,16,21-22,24H,2,11-15H2,1H3,(H,27,32)(H,28,29)(H,30,31)/t16?,22-,24+/m0/s1. The number of carboxylic acids is 1. The largest absolute Gasteiger partial charge is 0.479 e. The van der Waals surface area contributed by atoms with Gasteiger partial charge in [-0.1, -0.05) is 55.5 Å². The Kier molecular flexibility index (Phi) is 7.47. The van der Waals surface area contributed by atoms with Crippen molar-refractivity contribution >= 4 is 18.0 Å². The molecule has 0 spiro atoms. The van der Waals surface area contributed by atoms with Gasteiger partial charge in [-0.15, -0.1) is 0 Å². The molecular formula is C26H30N2O6. The minimum absolute atomic E-state index is 0.0141. The second kappa shape index (κ2) is 10.7. The summed E-state index contributed by atoms with van der Waals surface area (Å²) in [7, 11) is 0. The van der Waals surface area contributed by atoms with Gasteiger partial charge in [0.2, 0.25) is 5.91 Å². The first kappa shape index (κ1) is 23.8. The van der Waals surface area contributed by atoms with E-state index in [2.05, 4.69) is 34.9 Å². The van der Waals surface area contributed by atoms with Gasteiger partial charge in [0, 0.05) is 25.0 Å². The summed E-state index contributed by atoms with van der Waals surface area (Å²) in [6.07, 6.45) is 0.192. The van der Waals surface area contributed by atoms with Gasteiger partial charge < -0.3 is 25.2 Å². The first-order valence-electron chi connectivity index (χ1n) is 11.7. The topological polar surface area (TPSA) is 114 Å².